The van der Waals surface area contributed by atoms with E-state index >= 15 is 0 Å². The van der Waals surface area contributed by atoms with Crippen molar-refractivity contribution >= 4 is 44.9 Å². The SMILES string of the molecule is Cc1cccc(C)c1NC(=O)CSc1nc(C2CC2)nc2sc3c(c12)CC[C@@H](C)C3. The number of nitrogens with zero attached hydrogens (tertiary/aromatic N) is 2. The third-order valence-electron chi connectivity index (χ3n) is 6.17. The number of hydrogen-bond donors (Lipinski definition) is 1. The topological polar surface area (TPSA) is 54.9 Å². The van der Waals surface area contributed by atoms with Gasteiger partial charge in [0, 0.05) is 21.9 Å². The third-order valence-corrected chi connectivity index (χ3v) is 8.29. The Morgan fingerprint density at radius 3 is 2.70 bits per heavy atom. The zero-order chi connectivity index (χ0) is 20.8. The van der Waals surface area contributed by atoms with Crippen LogP contribution in [0.2, 0.25) is 0 Å². The monoisotopic (exact) mass is 437 g/mol. The van der Waals surface area contributed by atoms with Gasteiger partial charge in [0.2, 0.25) is 5.91 Å². The maximum absolute atomic E-state index is 12.8. The van der Waals surface area contributed by atoms with Crippen molar-refractivity contribution in [2.45, 2.75) is 63.8 Å². The fourth-order valence-corrected chi connectivity index (χ4v) is 6.59. The van der Waals surface area contributed by atoms with E-state index in [4.69, 9.17) is 9.97 Å². The molecule has 1 amide bonds. The lowest BCUT2D eigenvalue weighted by Gasteiger charge is -2.18. The molecule has 1 saturated carbocycles. The number of anilines is 1. The predicted molar refractivity (Wildman–Crippen MR) is 126 cm³/mol. The average Bonchev–Trinajstić information content (AvgIpc) is 3.50. The van der Waals surface area contributed by atoms with E-state index < -0.39 is 0 Å². The van der Waals surface area contributed by atoms with Crippen LogP contribution in [0.4, 0.5) is 5.69 Å². The largest absolute Gasteiger partial charge is 0.325 e. The van der Waals surface area contributed by atoms with Crippen LogP contribution in [-0.2, 0) is 17.6 Å². The highest BCUT2D eigenvalue weighted by Crippen LogP contribution is 2.44. The summed E-state index contributed by atoms with van der Waals surface area (Å²) in [6.45, 7) is 6.40. The van der Waals surface area contributed by atoms with E-state index in [9.17, 15) is 4.79 Å². The number of benzene rings is 1. The van der Waals surface area contributed by atoms with Gasteiger partial charge in [0.15, 0.2) is 0 Å². The highest BCUT2D eigenvalue weighted by Gasteiger charge is 2.30. The lowest BCUT2D eigenvalue weighted by Crippen LogP contribution is -2.16. The Balaban J connectivity index is 1.42. The zero-order valence-corrected chi connectivity index (χ0v) is 19.4. The first-order valence-electron chi connectivity index (χ1n) is 10.8. The first kappa shape index (κ1) is 20.0. The van der Waals surface area contributed by atoms with E-state index in [-0.39, 0.29) is 5.91 Å². The molecule has 1 fully saturated rings. The standard InChI is InChI=1S/C24H27N3OS2/c1-13-7-10-17-18(11-13)30-24-20(17)23(26-22(27-24)16-8-9-16)29-12-19(28)25-21-14(2)5-4-6-15(21)3/h4-6,13,16H,7-12H2,1-3H3,(H,25,28)/t13-/m1/s1. The number of nitrogens with one attached hydrogen (secondary N) is 1. The van der Waals surface area contributed by atoms with Gasteiger partial charge in [0.05, 0.1) is 5.75 Å². The van der Waals surface area contributed by atoms with Crippen molar-refractivity contribution in [2.75, 3.05) is 11.1 Å². The number of thiophene rings is 1. The Morgan fingerprint density at radius 1 is 1.20 bits per heavy atom. The Hall–Kier alpha value is -1.92. The smallest absolute Gasteiger partial charge is 0.234 e. The molecule has 2 heterocycles. The zero-order valence-electron chi connectivity index (χ0n) is 17.7. The number of aromatic nitrogens is 2. The second-order valence-electron chi connectivity index (χ2n) is 8.80. The van der Waals surface area contributed by atoms with Crippen molar-refractivity contribution in [3.63, 3.8) is 0 Å². The summed E-state index contributed by atoms with van der Waals surface area (Å²) in [5.41, 5.74) is 4.55. The van der Waals surface area contributed by atoms with E-state index in [0.29, 0.717) is 11.7 Å². The maximum Gasteiger partial charge on any atom is 0.234 e. The highest BCUT2D eigenvalue weighted by molar-refractivity contribution is 8.00. The van der Waals surface area contributed by atoms with Gasteiger partial charge in [-0.3, -0.25) is 4.79 Å². The molecule has 156 valence electrons. The fraction of sp³-hybridized carbons (Fsp3) is 0.458. The Labute approximate surface area is 185 Å². The van der Waals surface area contributed by atoms with Gasteiger partial charge in [-0.1, -0.05) is 36.9 Å². The normalized spacial score (nSPS) is 18.4. The molecule has 5 rings (SSSR count). The molecule has 4 nitrogen and oxygen atoms in total. The molecule has 2 aliphatic rings. The molecule has 0 aliphatic heterocycles. The quantitative estimate of drug-likeness (QED) is 0.390. The number of hydrogen-bond acceptors (Lipinski definition) is 5. The summed E-state index contributed by atoms with van der Waals surface area (Å²) in [6.07, 6.45) is 5.84. The Morgan fingerprint density at radius 2 is 1.97 bits per heavy atom. The molecular weight excluding hydrogens is 410 g/mol. The molecule has 30 heavy (non-hydrogen) atoms. The molecule has 2 aliphatic carbocycles. The van der Waals surface area contributed by atoms with Crippen LogP contribution in [0.15, 0.2) is 23.2 Å². The summed E-state index contributed by atoms with van der Waals surface area (Å²) >= 11 is 3.42. The van der Waals surface area contributed by atoms with E-state index in [1.54, 1.807) is 11.8 Å². The second kappa shape index (κ2) is 7.97. The third kappa shape index (κ3) is 3.87. The molecule has 0 radical (unpaired) electrons. The first-order valence-corrected chi connectivity index (χ1v) is 12.6. The minimum atomic E-state index is 0.0230. The number of amides is 1. The fourth-order valence-electron chi connectivity index (χ4n) is 4.27. The van der Waals surface area contributed by atoms with Gasteiger partial charge in [0.25, 0.3) is 0 Å². The van der Waals surface area contributed by atoms with Gasteiger partial charge >= 0.3 is 0 Å². The van der Waals surface area contributed by atoms with Crippen LogP contribution in [-0.4, -0.2) is 21.6 Å². The molecular formula is C24H27N3OS2. The lowest BCUT2D eigenvalue weighted by molar-refractivity contribution is -0.113. The van der Waals surface area contributed by atoms with Crippen molar-refractivity contribution in [3.05, 3.63) is 45.6 Å². The van der Waals surface area contributed by atoms with Gasteiger partial charge in [0.1, 0.15) is 15.7 Å². The maximum atomic E-state index is 12.8. The summed E-state index contributed by atoms with van der Waals surface area (Å²) in [5, 5.41) is 5.33. The van der Waals surface area contributed by atoms with E-state index in [0.717, 1.165) is 51.3 Å². The van der Waals surface area contributed by atoms with Crippen LogP contribution < -0.4 is 5.32 Å². The number of carbonyl (C=O) groups is 1. The summed E-state index contributed by atoms with van der Waals surface area (Å²) < 4.78 is 0. The molecule has 1 N–H and O–H groups in total. The van der Waals surface area contributed by atoms with E-state index in [1.165, 1.54) is 35.1 Å². The van der Waals surface area contributed by atoms with Crippen molar-refractivity contribution in [1.82, 2.24) is 9.97 Å². The van der Waals surface area contributed by atoms with Crippen molar-refractivity contribution in [2.24, 2.45) is 5.92 Å². The van der Waals surface area contributed by atoms with Gasteiger partial charge in [-0.25, -0.2) is 9.97 Å². The van der Waals surface area contributed by atoms with Gasteiger partial charge in [-0.05, 0) is 68.6 Å². The van der Waals surface area contributed by atoms with Gasteiger partial charge in [-0.15, -0.1) is 11.3 Å². The van der Waals surface area contributed by atoms with E-state index in [2.05, 4.69) is 12.2 Å². The number of rotatable bonds is 5. The Bertz CT molecular complexity index is 1110. The summed E-state index contributed by atoms with van der Waals surface area (Å²) in [5.74, 6) is 2.61. The van der Waals surface area contributed by atoms with Crippen LogP contribution in [0.1, 0.15) is 59.5 Å². The second-order valence-corrected chi connectivity index (χ2v) is 10.8. The molecule has 3 aromatic rings. The lowest BCUT2D eigenvalue weighted by atomic mass is 9.89. The number of carbonyl (C=O) groups excluding carboxylic acids is 1. The molecule has 6 heteroatoms. The van der Waals surface area contributed by atoms with Crippen LogP contribution in [0.3, 0.4) is 0 Å². The number of fused-ring (bicyclic) bond motifs is 3. The van der Waals surface area contributed by atoms with Crippen molar-refractivity contribution < 1.29 is 4.79 Å². The highest BCUT2D eigenvalue weighted by atomic mass is 32.2. The predicted octanol–water partition coefficient (Wildman–Crippen LogP) is 6.04. The van der Waals surface area contributed by atoms with E-state index in [1.807, 2.05) is 43.4 Å². The number of para-hydroxylation sites is 1. The average molecular weight is 438 g/mol. The van der Waals surface area contributed by atoms with Crippen molar-refractivity contribution in [1.29, 1.82) is 0 Å². The molecule has 0 spiro atoms. The summed E-state index contributed by atoms with van der Waals surface area (Å²) in [6, 6.07) is 6.08. The molecule has 0 saturated heterocycles. The molecule has 0 bridgehead atoms. The summed E-state index contributed by atoms with van der Waals surface area (Å²) in [4.78, 5) is 25.3. The van der Waals surface area contributed by atoms with Crippen LogP contribution in [0.5, 0.6) is 0 Å². The molecule has 1 atom stereocenters. The van der Waals surface area contributed by atoms with Crippen molar-refractivity contribution in [3.8, 4) is 0 Å². The minimum absolute atomic E-state index is 0.0230. The Kier molecular flexibility index (Phi) is 5.31. The number of aryl methyl sites for hydroxylation is 3. The molecule has 2 aromatic heterocycles. The summed E-state index contributed by atoms with van der Waals surface area (Å²) in [7, 11) is 0. The van der Waals surface area contributed by atoms with Crippen LogP contribution in [0.25, 0.3) is 10.2 Å². The minimum Gasteiger partial charge on any atom is -0.325 e. The van der Waals surface area contributed by atoms with Gasteiger partial charge < -0.3 is 5.32 Å². The number of thioether (sulfide) groups is 1. The van der Waals surface area contributed by atoms with Gasteiger partial charge in [-0.2, -0.15) is 0 Å². The molecule has 0 unspecified atom stereocenters. The molecule has 1 aromatic carbocycles. The first-order chi connectivity index (χ1) is 14.5. The van der Waals surface area contributed by atoms with Crippen LogP contribution in [0, 0.1) is 19.8 Å². The van der Waals surface area contributed by atoms with Crippen LogP contribution >= 0.6 is 23.1 Å².